The van der Waals surface area contributed by atoms with E-state index in [2.05, 4.69) is 36.4 Å². The van der Waals surface area contributed by atoms with E-state index < -0.39 is 0 Å². The van der Waals surface area contributed by atoms with E-state index in [0.717, 1.165) is 4.47 Å². The van der Waals surface area contributed by atoms with Crippen molar-refractivity contribution in [1.29, 1.82) is 0 Å². The van der Waals surface area contributed by atoms with Crippen LogP contribution in [0.5, 0.6) is 11.5 Å². The fourth-order valence-electron chi connectivity index (χ4n) is 3.76. The molecule has 1 aromatic heterocycles. The Morgan fingerprint density at radius 3 is 2.55 bits per heavy atom. The zero-order chi connectivity index (χ0) is 21.8. The molecule has 4 rings (SSSR count). The van der Waals surface area contributed by atoms with Crippen molar-refractivity contribution in [3.63, 3.8) is 0 Å². The number of halogens is 1. The van der Waals surface area contributed by atoms with Crippen LogP contribution in [-0.2, 0) is 9.59 Å². The quantitative estimate of drug-likeness (QED) is 0.670. The molecular weight excluding hydrogens is 464 g/mol. The molecule has 2 aliphatic heterocycles. The third-order valence-electron chi connectivity index (χ3n) is 5.62. The summed E-state index contributed by atoms with van der Waals surface area (Å²) in [6, 6.07) is 8.70. The summed E-state index contributed by atoms with van der Waals surface area (Å²) < 4.78 is 12.0. The number of benzene rings is 1. The van der Waals surface area contributed by atoms with Gasteiger partial charge < -0.3 is 20.1 Å². The number of likely N-dealkylation sites (tertiary alicyclic amines) is 1. The number of aromatic nitrogens is 1. The number of hydrogen-bond donors (Lipinski definition) is 2. The maximum atomic E-state index is 12.7. The minimum Gasteiger partial charge on any atom is -0.486 e. The molecule has 1 saturated heterocycles. The molecule has 2 aromatic rings. The van der Waals surface area contributed by atoms with Gasteiger partial charge in [0.1, 0.15) is 19.0 Å². The molecule has 2 N–H and O–H groups in total. The lowest BCUT2D eigenvalue weighted by atomic mass is 9.95. The van der Waals surface area contributed by atoms with Crippen molar-refractivity contribution in [3.8, 4) is 11.5 Å². The first-order valence-electron chi connectivity index (χ1n) is 10.4. The third kappa shape index (κ3) is 5.34. The van der Waals surface area contributed by atoms with Crippen molar-refractivity contribution < 1.29 is 19.1 Å². The number of piperidine rings is 1. The summed E-state index contributed by atoms with van der Waals surface area (Å²) in [4.78, 5) is 31.6. The Kier molecular flexibility index (Phi) is 6.72. The van der Waals surface area contributed by atoms with Crippen molar-refractivity contribution in [2.45, 2.75) is 25.8 Å². The molecule has 0 spiro atoms. The Bertz CT molecular complexity index is 945. The number of nitrogens with zero attached hydrogens (tertiary/aromatic N) is 2. The molecule has 0 aliphatic carbocycles. The molecule has 1 unspecified atom stereocenters. The first-order chi connectivity index (χ1) is 15.0. The molecule has 1 aromatic carbocycles. The van der Waals surface area contributed by atoms with Crippen LogP contribution in [0.2, 0.25) is 0 Å². The van der Waals surface area contributed by atoms with Gasteiger partial charge in [-0.2, -0.15) is 0 Å². The van der Waals surface area contributed by atoms with E-state index in [0.29, 0.717) is 62.1 Å². The van der Waals surface area contributed by atoms with E-state index in [1.54, 1.807) is 24.4 Å². The number of rotatable bonds is 5. The van der Waals surface area contributed by atoms with Crippen LogP contribution >= 0.6 is 15.9 Å². The number of anilines is 2. The van der Waals surface area contributed by atoms with E-state index in [4.69, 9.17) is 9.47 Å². The highest BCUT2D eigenvalue weighted by Gasteiger charge is 2.30. The minimum atomic E-state index is -0.301. The van der Waals surface area contributed by atoms with Gasteiger partial charge in [-0.25, -0.2) is 4.98 Å². The summed E-state index contributed by atoms with van der Waals surface area (Å²) in [7, 11) is 0. The van der Waals surface area contributed by atoms with Crippen LogP contribution in [0.4, 0.5) is 11.5 Å². The van der Waals surface area contributed by atoms with Gasteiger partial charge in [-0.05, 0) is 73.1 Å². The van der Waals surface area contributed by atoms with Gasteiger partial charge in [0.15, 0.2) is 11.5 Å². The Hall–Kier alpha value is -2.65. The second-order valence-electron chi connectivity index (χ2n) is 7.68. The van der Waals surface area contributed by atoms with Crippen molar-refractivity contribution in [1.82, 2.24) is 9.88 Å². The largest absolute Gasteiger partial charge is 0.486 e. The molecule has 1 fully saturated rings. The molecular formula is C22H25BrN4O4. The third-order valence-corrected chi connectivity index (χ3v) is 6.08. The number of nitrogens with one attached hydrogen (secondary N) is 2. The van der Waals surface area contributed by atoms with Gasteiger partial charge in [0, 0.05) is 28.3 Å². The maximum absolute atomic E-state index is 12.7. The fraction of sp³-hybridized carbons (Fsp3) is 0.409. The predicted molar refractivity (Wildman–Crippen MR) is 120 cm³/mol. The normalized spacial score (nSPS) is 17.6. The number of carbonyl (C=O) groups is 2. The summed E-state index contributed by atoms with van der Waals surface area (Å²) >= 11 is 3.33. The number of pyridine rings is 1. The lowest BCUT2D eigenvalue weighted by Crippen LogP contribution is -2.47. The first-order valence-corrected chi connectivity index (χ1v) is 11.2. The van der Waals surface area contributed by atoms with E-state index in [9.17, 15) is 9.59 Å². The van der Waals surface area contributed by atoms with E-state index in [-0.39, 0.29) is 23.8 Å². The van der Waals surface area contributed by atoms with Crippen LogP contribution in [0.25, 0.3) is 0 Å². The van der Waals surface area contributed by atoms with Crippen LogP contribution in [0.15, 0.2) is 41.0 Å². The zero-order valence-corrected chi connectivity index (χ0v) is 18.9. The number of hydrogen-bond acceptors (Lipinski definition) is 6. The highest BCUT2D eigenvalue weighted by atomic mass is 79.9. The highest BCUT2D eigenvalue weighted by molar-refractivity contribution is 9.10. The Labute approximate surface area is 189 Å². The molecule has 9 heteroatoms. The molecule has 0 radical (unpaired) electrons. The van der Waals surface area contributed by atoms with Gasteiger partial charge in [-0.3, -0.25) is 14.5 Å². The Morgan fingerprint density at radius 1 is 1.10 bits per heavy atom. The maximum Gasteiger partial charge on any atom is 0.241 e. The second-order valence-corrected chi connectivity index (χ2v) is 8.60. The van der Waals surface area contributed by atoms with Crippen molar-refractivity contribution in [3.05, 3.63) is 41.0 Å². The smallest absolute Gasteiger partial charge is 0.241 e. The van der Waals surface area contributed by atoms with Crippen LogP contribution in [0.3, 0.4) is 0 Å². The zero-order valence-electron chi connectivity index (χ0n) is 17.3. The summed E-state index contributed by atoms with van der Waals surface area (Å²) in [5.41, 5.74) is 0.678. The van der Waals surface area contributed by atoms with Gasteiger partial charge in [0.05, 0.1) is 6.04 Å². The topological polar surface area (TPSA) is 92.8 Å². The minimum absolute atomic E-state index is 0.0251. The number of carbonyl (C=O) groups excluding carboxylic acids is 2. The standard InChI is InChI=1S/C22H25BrN4O4/c1-14(21(28)25-17-3-4-18-19(12-17)31-11-10-30-18)27-8-6-15(7-9-27)22(29)26-20-5-2-16(23)13-24-20/h2-5,12-15H,6-11H2,1H3,(H,25,28)(H,24,26,29). The molecule has 3 heterocycles. The molecule has 1 atom stereocenters. The lowest BCUT2D eigenvalue weighted by Gasteiger charge is -2.34. The predicted octanol–water partition coefficient (Wildman–Crippen LogP) is 3.29. The van der Waals surface area contributed by atoms with Crippen LogP contribution in [0.1, 0.15) is 19.8 Å². The van der Waals surface area contributed by atoms with Gasteiger partial charge >= 0.3 is 0 Å². The molecule has 2 amide bonds. The van der Waals surface area contributed by atoms with Crippen LogP contribution in [-0.4, -0.2) is 54.0 Å². The van der Waals surface area contributed by atoms with Gasteiger partial charge in [0.25, 0.3) is 0 Å². The Balaban J connectivity index is 1.27. The summed E-state index contributed by atoms with van der Waals surface area (Å²) in [6.07, 6.45) is 3.05. The Morgan fingerprint density at radius 2 is 1.84 bits per heavy atom. The average molecular weight is 489 g/mol. The van der Waals surface area contributed by atoms with Crippen LogP contribution < -0.4 is 20.1 Å². The van der Waals surface area contributed by atoms with E-state index in [1.807, 2.05) is 19.1 Å². The second kappa shape index (κ2) is 9.65. The molecule has 2 aliphatic rings. The molecule has 0 saturated carbocycles. The van der Waals surface area contributed by atoms with Gasteiger partial charge in [0.2, 0.25) is 11.8 Å². The number of ether oxygens (including phenoxy) is 2. The van der Waals surface area contributed by atoms with Crippen molar-refractivity contribution in [2.75, 3.05) is 36.9 Å². The molecule has 0 bridgehead atoms. The molecule has 8 nitrogen and oxygen atoms in total. The summed E-state index contributed by atoms with van der Waals surface area (Å²) in [5.74, 6) is 1.68. The number of fused-ring (bicyclic) bond motifs is 1. The molecule has 31 heavy (non-hydrogen) atoms. The lowest BCUT2D eigenvalue weighted by molar-refractivity contribution is -0.123. The number of amides is 2. The van der Waals surface area contributed by atoms with E-state index in [1.165, 1.54) is 0 Å². The van der Waals surface area contributed by atoms with Crippen molar-refractivity contribution >= 4 is 39.2 Å². The summed E-state index contributed by atoms with van der Waals surface area (Å²) in [5, 5.41) is 5.83. The SMILES string of the molecule is CC(C(=O)Nc1ccc2c(c1)OCCO2)N1CCC(C(=O)Nc2ccc(Br)cn2)CC1. The first kappa shape index (κ1) is 21.6. The highest BCUT2D eigenvalue weighted by Crippen LogP contribution is 2.32. The summed E-state index contributed by atoms with van der Waals surface area (Å²) in [6.45, 7) is 4.28. The van der Waals surface area contributed by atoms with Gasteiger partial charge in [-0.15, -0.1) is 0 Å². The van der Waals surface area contributed by atoms with Crippen LogP contribution in [0, 0.1) is 5.92 Å². The monoisotopic (exact) mass is 488 g/mol. The van der Waals surface area contributed by atoms with Gasteiger partial charge in [-0.1, -0.05) is 0 Å². The molecule has 164 valence electrons. The fourth-order valence-corrected chi connectivity index (χ4v) is 4.00. The van der Waals surface area contributed by atoms with E-state index >= 15 is 0 Å². The average Bonchev–Trinajstić information content (AvgIpc) is 2.80. The van der Waals surface area contributed by atoms with Crippen molar-refractivity contribution in [2.24, 2.45) is 5.92 Å².